The molecule has 1 aromatic heterocycles. The fourth-order valence-electron chi connectivity index (χ4n) is 5.47. The number of pyridine rings is 1. The van der Waals surface area contributed by atoms with E-state index in [2.05, 4.69) is 56.2 Å². The van der Waals surface area contributed by atoms with Crippen LogP contribution in [0.3, 0.4) is 0 Å². The molecule has 200 valence electrons. The van der Waals surface area contributed by atoms with Gasteiger partial charge in [0.05, 0.1) is 23.5 Å². The van der Waals surface area contributed by atoms with Crippen molar-refractivity contribution in [2.24, 2.45) is 0 Å². The second-order valence-electron chi connectivity index (χ2n) is 10.6. The Morgan fingerprint density at radius 3 is 2.58 bits per heavy atom. The smallest absolute Gasteiger partial charge is 0.169 e. The van der Waals surface area contributed by atoms with Crippen molar-refractivity contribution in [2.75, 3.05) is 6.61 Å². The predicted octanol–water partition coefficient (Wildman–Crippen LogP) is 7.48. The van der Waals surface area contributed by atoms with Crippen molar-refractivity contribution in [3.05, 3.63) is 83.2 Å². The molecule has 3 aliphatic rings. The van der Waals surface area contributed by atoms with Gasteiger partial charge in [-0.3, -0.25) is 4.79 Å². The van der Waals surface area contributed by atoms with E-state index in [1.54, 1.807) is 6.92 Å². The van der Waals surface area contributed by atoms with Crippen LogP contribution in [0.15, 0.2) is 72.0 Å². The summed E-state index contributed by atoms with van der Waals surface area (Å²) in [6.07, 6.45) is 7.56. The van der Waals surface area contributed by atoms with Crippen LogP contribution in [0.1, 0.15) is 83.9 Å². The Bertz CT molecular complexity index is 1340. The zero-order valence-electron chi connectivity index (χ0n) is 23.4. The van der Waals surface area contributed by atoms with Crippen LogP contribution in [0.2, 0.25) is 0 Å². The van der Waals surface area contributed by atoms with Gasteiger partial charge in [0, 0.05) is 36.1 Å². The van der Waals surface area contributed by atoms with Crippen molar-refractivity contribution >= 4 is 28.2 Å². The zero-order chi connectivity index (χ0) is 27.4. The molecule has 0 fully saturated rings. The Hall–Kier alpha value is -3.31. The van der Waals surface area contributed by atoms with E-state index >= 15 is 0 Å². The van der Waals surface area contributed by atoms with E-state index in [1.165, 1.54) is 11.1 Å². The van der Waals surface area contributed by atoms with Gasteiger partial charge in [-0.05, 0) is 68.9 Å². The number of carbonyl (C=O) groups excluding carboxylic acids is 2. The van der Waals surface area contributed by atoms with Crippen LogP contribution in [-0.4, -0.2) is 33.7 Å². The molecular formula is C33H40N2O3. The van der Waals surface area contributed by atoms with Crippen molar-refractivity contribution in [3.8, 4) is 0 Å². The summed E-state index contributed by atoms with van der Waals surface area (Å²) >= 11 is 0. The number of hydrogen-bond acceptors (Lipinski definition) is 5. The molecule has 0 spiro atoms. The second-order valence-corrected chi connectivity index (χ2v) is 10.6. The number of fused-ring (bicyclic) bond motifs is 4. The van der Waals surface area contributed by atoms with E-state index in [0.29, 0.717) is 25.9 Å². The molecular weight excluding hydrogens is 472 g/mol. The van der Waals surface area contributed by atoms with Crippen LogP contribution in [0, 0.1) is 0 Å². The molecule has 1 unspecified atom stereocenters. The number of para-hydroxylation sites is 1. The molecule has 1 aliphatic carbocycles. The third-order valence-corrected chi connectivity index (χ3v) is 7.68. The lowest BCUT2D eigenvalue weighted by Gasteiger charge is -2.42. The average molecular weight is 513 g/mol. The summed E-state index contributed by atoms with van der Waals surface area (Å²) in [5, 5.41) is 1.15. The maximum atomic E-state index is 13.2. The number of ether oxygens (including phenoxy) is 1. The van der Waals surface area contributed by atoms with E-state index in [0.717, 1.165) is 71.4 Å². The molecule has 0 bridgehead atoms. The number of allylic oxidation sites excluding steroid dienone is 2. The maximum Gasteiger partial charge on any atom is 0.169 e. The summed E-state index contributed by atoms with van der Waals surface area (Å²) in [5.74, 6) is 0.440. The Kier molecular flexibility index (Phi) is 8.47. The summed E-state index contributed by atoms with van der Waals surface area (Å²) in [7, 11) is 0. The zero-order valence-corrected chi connectivity index (χ0v) is 23.4. The molecule has 0 saturated heterocycles. The fraction of sp³-hybridized carbons (Fsp3) is 0.424. The van der Waals surface area contributed by atoms with Crippen molar-refractivity contribution < 1.29 is 14.3 Å². The first-order valence-corrected chi connectivity index (χ1v) is 13.8. The summed E-state index contributed by atoms with van der Waals surface area (Å²) in [4.78, 5) is 30.7. The third-order valence-electron chi connectivity index (χ3n) is 7.68. The normalized spacial score (nSPS) is 19.9. The summed E-state index contributed by atoms with van der Waals surface area (Å²) in [6.45, 7) is 17.2. The van der Waals surface area contributed by atoms with E-state index in [1.807, 2.05) is 19.1 Å². The molecule has 38 heavy (non-hydrogen) atoms. The van der Waals surface area contributed by atoms with Crippen LogP contribution in [-0.2, 0) is 20.9 Å². The number of benzene rings is 1. The molecule has 1 atom stereocenters. The Morgan fingerprint density at radius 1 is 1.16 bits per heavy atom. The van der Waals surface area contributed by atoms with Gasteiger partial charge in [0.2, 0.25) is 0 Å². The van der Waals surface area contributed by atoms with Gasteiger partial charge in [0.1, 0.15) is 5.78 Å². The first kappa shape index (κ1) is 27.7. The molecule has 3 heterocycles. The monoisotopic (exact) mass is 512 g/mol. The number of rotatable bonds is 8. The van der Waals surface area contributed by atoms with Gasteiger partial charge < -0.3 is 14.4 Å². The van der Waals surface area contributed by atoms with E-state index in [-0.39, 0.29) is 11.6 Å². The number of ketones is 2. The van der Waals surface area contributed by atoms with E-state index in [4.69, 9.17) is 9.72 Å². The van der Waals surface area contributed by atoms with Crippen LogP contribution in [0.5, 0.6) is 0 Å². The van der Waals surface area contributed by atoms with Crippen LogP contribution in [0.4, 0.5) is 0 Å². The molecule has 5 heteroatoms. The van der Waals surface area contributed by atoms with Gasteiger partial charge in [0.25, 0.3) is 0 Å². The largest absolute Gasteiger partial charge is 0.362 e. The second kappa shape index (κ2) is 11.6. The molecule has 0 amide bonds. The molecule has 0 saturated carbocycles. The van der Waals surface area contributed by atoms with Gasteiger partial charge in [-0.25, -0.2) is 4.98 Å². The highest BCUT2D eigenvalue weighted by Gasteiger charge is 2.48. The first-order chi connectivity index (χ1) is 18.2. The minimum atomic E-state index is -0.857. The van der Waals surface area contributed by atoms with Gasteiger partial charge in [-0.2, -0.15) is 0 Å². The standard InChI is InChI=1S/C26H28N2O2.C7H12O/c1-4-6-13-30-26(5-2)21-15-23-25-19(14-18-9-7-8-10-22(18)27-25)16-28(23)17(3)20(21)11-12-24(26)29;1-6(2)4-5-7(3)8/h7-10,14-15H,3-6,11-13,16H2,1-2H3;1,4-5H2,2-3H3. The first-order valence-electron chi connectivity index (χ1n) is 13.8. The van der Waals surface area contributed by atoms with Gasteiger partial charge in [0.15, 0.2) is 11.4 Å². The lowest BCUT2D eigenvalue weighted by molar-refractivity contribution is -0.141. The van der Waals surface area contributed by atoms with Crippen molar-refractivity contribution in [1.29, 1.82) is 0 Å². The molecule has 0 radical (unpaired) electrons. The molecule has 5 rings (SSSR count). The predicted molar refractivity (Wildman–Crippen MR) is 154 cm³/mol. The lowest BCUT2D eigenvalue weighted by atomic mass is 9.73. The van der Waals surface area contributed by atoms with Crippen molar-refractivity contribution in [2.45, 2.75) is 84.8 Å². The average Bonchev–Trinajstić information content (AvgIpc) is 3.26. The quantitative estimate of drug-likeness (QED) is 0.271. The van der Waals surface area contributed by atoms with Crippen molar-refractivity contribution in [1.82, 2.24) is 9.88 Å². The molecule has 2 aliphatic heterocycles. The summed E-state index contributed by atoms with van der Waals surface area (Å²) in [5.41, 5.74) is 7.65. The Morgan fingerprint density at radius 2 is 1.92 bits per heavy atom. The summed E-state index contributed by atoms with van der Waals surface area (Å²) in [6, 6.07) is 10.5. The number of nitrogens with zero attached hydrogens (tertiary/aromatic N) is 2. The van der Waals surface area contributed by atoms with Gasteiger partial charge in [-0.15, -0.1) is 6.58 Å². The SMILES string of the molecule is C=C(C)CCC(C)=O.C=C1C2=C(C=C3c4nc5ccccc5cc4CN13)C(CC)(OCCCC)C(=O)CC2. The highest BCUT2D eigenvalue weighted by atomic mass is 16.5. The lowest BCUT2D eigenvalue weighted by Crippen LogP contribution is -2.47. The molecule has 5 nitrogen and oxygen atoms in total. The fourth-order valence-corrected chi connectivity index (χ4v) is 5.47. The number of aromatic nitrogens is 1. The maximum absolute atomic E-state index is 13.2. The van der Waals surface area contributed by atoms with Gasteiger partial charge >= 0.3 is 0 Å². The van der Waals surface area contributed by atoms with E-state index in [9.17, 15) is 9.59 Å². The highest BCUT2D eigenvalue weighted by Crippen LogP contribution is 2.49. The molecule has 1 aromatic carbocycles. The highest BCUT2D eigenvalue weighted by molar-refractivity contribution is 5.96. The minimum absolute atomic E-state index is 0.197. The van der Waals surface area contributed by atoms with Crippen LogP contribution < -0.4 is 0 Å². The minimum Gasteiger partial charge on any atom is -0.362 e. The van der Waals surface area contributed by atoms with Gasteiger partial charge in [-0.1, -0.05) is 50.6 Å². The number of carbonyl (C=O) groups is 2. The van der Waals surface area contributed by atoms with Crippen LogP contribution >= 0.6 is 0 Å². The number of unbranched alkanes of at least 4 members (excludes halogenated alkanes) is 1. The Labute approximate surface area is 227 Å². The van der Waals surface area contributed by atoms with Crippen molar-refractivity contribution in [3.63, 3.8) is 0 Å². The van der Waals surface area contributed by atoms with E-state index < -0.39 is 5.60 Å². The number of hydrogen-bond donors (Lipinski definition) is 0. The topological polar surface area (TPSA) is 59.5 Å². The molecule has 2 aromatic rings. The molecule has 0 N–H and O–H groups in total. The van der Waals surface area contributed by atoms with Crippen LogP contribution in [0.25, 0.3) is 16.6 Å². The third kappa shape index (κ3) is 5.30. The summed E-state index contributed by atoms with van der Waals surface area (Å²) < 4.78 is 6.36. The number of Topliss-reactive ketones (excluding diaryl/α,β-unsaturated/α-hetero) is 2. The Balaban J connectivity index is 0.000000368.